The van der Waals surface area contributed by atoms with E-state index in [1.54, 1.807) is 0 Å². The van der Waals surface area contributed by atoms with Crippen molar-refractivity contribution < 1.29 is 4.52 Å². The number of halogens is 1. The Balaban J connectivity index is 2.12. The lowest BCUT2D eigenvalue weighted by molar-refractivity contribution is 0.358. The zero-order valence-electron chi connectivity index (χ0n) is 11.4. The van der Waals surface area contributed by atoms with Crippen LogP contribution in [0.5, 0.6) is 0 Å². The molecule has 1 N–H and O–H groups in total. The Hall–Kier alpha value is -1.20. The minimum atomic E-state index is 0.449. The largest absolute Gasteiger partial charge is 0.338 e. The summed E-state index contributed by atoms with van der Waals surface area (Å²) in [5, 5.41) is 7.37. The average Bonchev–Trinajstić information content (AvgIpc) is 2.84. The summed E-state index contributed by atoms with van der Waals surface area (Å²) in [5.41, 5.74) is 2.12. The Morgan fingerprint density at radius 1 is 1.42 bits per heavy atom. The number of benzene rings is 1. The van der Waals surface area contributed by atoms with Crippen LogP contribution in [0.3, 0.4) is 0 Å². The summed E-state index contributed by atoms with van der Waals surface area (Å²) in [6.45, 7) is 6.92. The number of aryl methyl sites for hydroxylation is 1. The molecule has 0 amide bonds. The van der Waals surface area contributed by atoms with Crippen molar-refractivity contribution in [3.8, 4) is 11.4 Å². The van der Waals surface area contributed by atoms with Crippen LogP contribution in [0, 0.1) is 6.92 Å². The smallest absolute Gasteiger partial charge is 0.240 e. The van der Waals surface area contributed by atoms with Crippen LogP contribution in [-0.2, 0) is 6.54 Å². The first kappa shape index (κ1) is 14.2. The minimum absolute atomic E-state index is 0.449. The van der Waals surface area contributed by atoms with Gasteiger partial charge in [0.2, 0.25) is 11.7 Å². The number of hydrogen-bond acceptors (Lipinski definition) is 4. The van der Waals surface area contributed by atoms with Gasteiger partial charge in [-0.15, -0.1) is 0 Å². The summed E-state index contributed by atoms with van der Waals surface area (Å²) in [4.78, 5) is 4.42. The van der Waals surface area contributed by atoms with E-state index < -0.39 is 0 Å². The molecule has 1 heterocycles. The molecule has 0 saturated heterocycles. The van der Waals surface area contributed by atoms with Gasteiger partial charge in [0.05, 0.1) is 6.54 Å². The van der Waals surface area contributed by atoms with Gasteiger partial charge in [-0.2, -0.15) is 4.98 Å². The molecule has 2 aromatic rings. The molecule has 1 unspecified atom stereocenters. The molecule has 0 spiro atoms. The summed E-state index contributed by atoms with van der Waals surface area (Å²) in [6, 6.07) is 6.47. The molecule has 19 heavy (non-hydrogen) atoms. The average molecular weight is 324 g/mol. The van der Waals surface area contributed by atoms with Crippen molar-refractivity contribution in [1.82, 2.24) is 15.5 Å². The van der Waals surface area contributed by atoms with Gasteiger partial charge in [0, 0.05) is 16.1 Å². The molecule has 0 fully saturated rings. The molecule has 0 aliphatic rings. The van der Waals surface area contributed by atoms with E-state index in [1.807, 2.05) is 25.1 Å². The predicted octanol–water partition coefficient (Wildman–Crippen LogP) is 3.70. The molecule has 102 valence electrons. The van der Waals surface area contributed by atoms with Crippen molar-refractivity contribution in [1.29, 1.82) is 0 Å². The molecular weight excluding hydrogens is 306 g/mol. The summed E-state index contributed by atoms with van der Waals surface area (Å²) in [5.74, 6) is 1.27. The van der Waals surface area contributed by atoms with Gasteiger partial charge in [0.15, 0.2) is 0 Å². The van der Waals surface area contributed by atoms with Gasteiger partial charge >= 0.3 is 0 Å². The molecule has 0 aliphatic carbocycles. The second-order valence-electron chi connectivity index (χ2n) is 4.66. The third-order valence-electron chi connectivity index (χ3n) is 3.11. The maximum atomic E-state index is 5.26. The van der Waals surface area contributed by atoms with Crippen LogP contribution in [0.15, 0.2) is 27.2 Å². The highest BCUT2D eigenvalue weighted by Gasteiger charge is 2.11. The van der Waals surface area contributed by atoms with E-state index in [0.717, 1.165) is 22.0 Å². The quantitative estimate of drug-likeness (QED) is 0.911. The Bertz CT molecular complexity index is 553. The maximum absolute atomic E-state index is 5.26. The SMILES string of the molecule is CCC(C)NCc1nc(-c2ccc(Br)cc2C)no1. The van der Waals surface area contributed by atoms with Crippen molar-refractivity contribution >= 4 is 15.9 Å². The molecular formula is C14H18BrN3O. The monoisotopic (exact) mass is 323 g/mol. The Morgan fingerprint density at radius 3 is 2.89 bits per heavy atom. The van der Waals surface area contributed by atoms with Crippen LogP contribution in [0.25, 0.3) is 11.4 Å². The Kier molecular flexibility index (Phi) is 4.71. The minimum Gasteiger partial charge on any atom is -0.338 e. The highest BCUT2D eigenvalue weighted by molar-refractivity contribution is 9.10. The van der Waals surface area contributed by atoms with E-state index in [9.17, 15) is 0 Å². The molecule has 2 rings (SSSR count). The van der Waals surface area contributed by atoms with Crippen molar-refractivity contribution in [2.75, 3.05) is 0 Å². The molecule has 1 atom stereocenters. The fourth-order valence-electron chi connectivity index (χ4n) is 1.72. The van der Waals surface area contributed by atoms with Gasteiger partial charge in [-0.05, 0) is 44.0 Å². The summed E-state index contributed by atoms with van der Waals surface area (Å²) >= 11 is 3.45. The van der Waals surface area contributed by atoms with Gasteiger partial charge in [-0.3, -0.25) is 0 Å². The molecule has 0 aliphatic heterocycles. The van der Waals surface area contributed by atoms with Gasteiger partial charge in [-0.25, -0.2) is 0 Å². The standard InChI is InChI=1S/C14H18BrN3O/c1-4-10(3)16-8-13-17-14(18-19-13)12-6-5-11(15)7-9(12)2/h5-7,10,16H,4,8H2,1-3H3. The second-order valence-corrected chi connectivity index (χ2v) is 5.58. The summed E-state index contributed by atoms with van der Waals surface area (Å²) in [7, 11) is 0. The van der Waals surface area contributed by atoms with E-state index in [2.05, 4.69) is 45.2 Å². The molecule has 0 bridgehead atoms. The van der Waals surface area contributed by atoms with Crippen LogP contribution in [0.2, 0.25) is 0 Å². The second kappa shape index (κ2) is 6.30. The van der Waals surface area contributed by atoms with E-state index >= 15 is 0 Å². The number of aromatic nitrogens is 2. The molecule has 1 aromatic carbocycles. The Morgan fingerprint density at radius 2 is 2.21 bits per heavy atom. The molecule has 4 nitrogen and oxygen atoms in total. The van der Waals surface area contributed by atoms with Gasteiger partial charge in [0.1, 0.15) is 0 Å². The third kappa shape index (κ3) is 3.64. The lowest BCUT2D eigenvalue weighted by atomic mass is 10.1. The summed E-state index contributed by atoms with van der Waals surface area (Å²) < 4.78 is 6.32. The third-order valence-corrected chi connectivity index (χ3v) is 3.60. The van der Waals surface area contributed by atoms with Crippen LogP contribution in [0.1, 0.15) is 31.7 Å². The van der Waals surface area contributed by atoms with Crippen molar-refractivity contribution in [2.24, 2.45) is 0 Å². The van der Waals surface area contributed by atoms with Crippen molar-refractivity contribution in [3.63, 3.8) is 0 Å². The van der Waals surface area contributed by atoms with E-state index in [-0.39, 0.29) is 0 Å². The first-order valence-electron chi connectivity index (χ1n) is 6.42. The van der Waals surface area contributed by atoms with Crippen LogP contribution < -0.4 is 5.32 Å². The highest BCUT2D eigenvalue weighted by Crippen LogP contribution is 2.23. The summed E-state index contributed by atoms with van der Waals surface area (Å²) in [6.07, 6.45) is 1.08. The van der Waals surface area contributed by atoms with Gasteiger partial charge in [-0.1, -0.05) is 28.0 Å². The van der Waals surface area contributed by atoms with E-state index in [1.165, 1.54) is 0 Å². The zero-order valence-corrected chi connectivity index (χ0v) is 13.0. The lowest BCUT2D eigenvalue weighted by Gasteiger charge is -2.07. The van der Waals surface area contributed by atoms with Crippen LogP contribution >= 0.6 is 15.9 Å². The predicted molar refractivity (Wildman–Crippen MR) is 78.8 cm³/mol. The van der Waals surface area contributed by atoms with E-state index in [4.69, 9.17) is 4.52 Å². The number of rotatable bonds is 5. The lowest BCUT2D eigenvalue weighted by Crippen LogP contribution is -2.24. The first-order valence-corrected chi connectivity index (χ1v) is 7.22. The number of hydrogen-bond donors (Lipinski definition) is 1. The van der Waals surface area contributed by atoms with Crippen LogP contribution in [0.4, 0.5) is 0 Å². The molecule has 0 saturated carbocycles. The molecule has 0 radical (unpaired) electrons. The fraction of sp³-hybridized carbons (Fsp3) is 0.429. The maximum Gasteiger partial charge on any atom is 0.240 e. The zero-order chi connectivity index (χ0) is 13.8. The fourth-order valence-corrected chi connectivity index (χ4v) is 2.20. The van der Waals surface area contributed by atoms with Gasteiger partial charge < -0.3 is 9.84 Å². The highest BCUT2D eigenvalue weighted by atomic mass is 79.9. The Labute approximate surface area is 121 Å². The molecule has 5 heteroatoms. The van der Waals surface area contributed by atoms with Crippen molar-refractivity contribution in [2.45, 2.75) is 39.8 Å². The first-order chi connectivity index (χ1) is 9.10. The topological polar surface area (TPSA) is 51.0 Å². The number of nitrogens with zero attached hydrogens (tertiary/aromatic N) is 2. The van der Waals surface area contributed by atoms with Crippen LogP contribution in [-0.4, -0.2) is 16.2 Å². The van der Waals surface area contributed by atoms with E-state index in [0.29, 0.717) is 24.3 Å². The van der Waals surface area contributed by atoms with Gasteiger partial charge in [0.25, 0.3) is 0 Å². The normalized spacial score (nSPS) is 12.6. The number of nitrogens with one attached hydrogen (secondary N) is 1. The van der Waals surface area contributed by atoms with Crippen molar-refractivity contribution in [3.05, 3.63) is 34.1 Å². The molecule has 1 aromatic heterocycles.